The highest BCUT2D eigenvalue weighted by molar-refractivity contribution is 5.87. The van der Waals surface area contributed by atoms with Gasteiger partial charge in [0, 0.05) is 19.1 Å². The highest BCUT2D eigenvalue weighted by Crippen LogP contribution is 2.24. The van der Waals surface area contributed by atoms with Crippen LogP contribution in [0.2, 0.25) is 0 Å². The van der Waals surface area contributed by atoms with Gasteiger partial charge < -0.3 is 10.4 Å². The Balaban J connectivity index is 1.88. The Bertz CT molecular complexity index is 1250. The van der Waals surface area contributed by atoms with Gasteiger partial charge in [0.25, 0.3) is 5.56 Å². The molecule has 0 spiro atoms. The van der Waals surface area contributed by atoms with Gasteiger partial charge in [-0.15, -0.1) is 0 Å². The fraction of sp³-hybridized carbons (Fsp3) is 0.478. The molecule has 1 saturated carbocycles. The summed E-state index contributed by atoms with van der Waals surface area (Å²) in [5.41, 5.74) is 1.10. The molecular weight excluding hydrogens is 410 g/mol. The lowest BCUT2D eigenvalue weighted by Crippen LogP contribution is -2.40. The summed E-state index contributed by atoms with van der Waals surface area (Å²) in [6, 6.07) is 6.86. The predicted molar refractivity (Wildman–Crippen MR) is 123 cm³/mol. The largest absolute Gasteiger partial charge is 0.478 e. The van der Waals surface area contributed by atoms with E-state index in [1.165, 1.54) is 15.6 Å². The van der Waals surface area contributed by atoms with Crippen LogP contribution in [-0.2, 0) is 19.6 Å². The topological polar surface area (TPSA) is 111 Å². The van der Waals surface area contributed by atoms with E-state index < -0.39 is 5.97 Å². The number of carboxylic acids is 1. The lowest BCUT2D eigenvalue weighted by atomic mass is 9.96. The molecule has 2 aromatic heterocycles. The summed E-state index contributed by atoms with van der Waals surface area (Å²) in [5, 5.41) is 12.7. The van der Waals surface area contributed by atoms with Gasteiger partial charge in [-0.25, -0.2) is 9.59 Å². The third kappa shape index (κ3) is 3.94. The van der Waals surface area contributed by atoms with E-state index in [-0.39, 0.29) is 29.4 Å². The number of aromatic nitrogens is 4. The minimum absolute atomic E-state index is 0.206. The fourth-order valence-corrected chi connectivity index (χ4v) is 4.48. The third-order valence-electron chi connectivity index (χ3n) is 6.23. The summed E-state index contributed by atoms with van der Waals surface area (Å²) in [6.07, 6.45) is 5.60. The van der Waals surface area contributed by atoms with Gasteiger partial charge in [-0.3, -0.25) is 18.5 Å². The lowest BCUT2D eigenvalue weighted by molar-refractivity contribution is 0.0697. The highest BCUT2D eigenvalue weighted by atomic mass is 16.4. The summed E-state index contributed by atoms with van der Waals surface area (Å²) in [4.78, 5) is 42.0. The molecule has 1 aromatic carbocycles. The van der Waals surface area contributed by atoms with Gasteiger partial charge in [-0.1, -0.05) is 31.4 Å². The second-order valence-corrected chi connectivity index (χ2v) is 8.25. The van der Waals surface area contributed by atoms with E-state index in [4.69, 9.17) is 4.98 Å². The second kappa shape index (κ2) is 9.02. The molecular formula is C23H29N5O4. The molecule has 9 heteroatoms. The van der Waals surface area contributed by atoms with Gasteiger partial charge in [0.05, 0.1) is 12.1 Å². The number of carbonyl (C=O) groups is 1. The normalized spacial score (nSPS) is 14.7. The Morgan fingerprint density at radius 3 is 2.28 bits per heavy atom. The molecule has 32 heavy (non-hydrogen) atoms. The minimum Gasteiger partial charge on any atom is -0.478 e. The van der Waals surface area contributed by atoms with Crippen molar-refractivity contribution in [1.29, 1.82) is 0 Å². The van der Waals surface area contributed by atoms with E-state index in [1.807, 2.05) is 11.5 Å². The number of aryl methyl sites for hydroxylation is 1. The van der Waals surface area contributed by atoms with Gasteiger partial charge >= 0.3 is 11.7 Å². The summed E-state index contributed by atoms with van der Waals surface area (Å²) < 4.78 is 4.61. The van der Waals surface area contributed by atoms with Gasteiger partial charge in [0.15, 0.2) is 11.2 Å². The molecule has 1 aliphatic rings. The molecule has 4 rings (SSSR count). The molecule has 3 aromatic rings. The lowest BCUT2D eigenvalue weighted by Gasteiger charge is -2.23. The molecule has 0 saturated heterocycles. The van der Waals surface area contributed by atoms with E-state index in [2.05, 4.69) is 5.32 Å². The van der Waals surface area contributed by atoms with Crippen molar-refractivity contribution in [2.24, 2.45) is 0 Å². The monoisotopic (exact) mass is 439 g/mol. The van der Waals surface area contributed by atoms with Crippen LogP contribution in [0.5, 0.6) is 0 Å². The molecule has 0 amide bonds. The molecule has 9 nitrogen and oxygen atoms in total. The average molecular weight is 440 g/mol. The number of rotatable bonds is 7. The zero-order chi connectivity index (χ0) is 22.8. The molecule has 2 heterocycles. The minimum atomic E-state index is -0.984. The van der Waals surface area contributed by atoms with E-state index >= 15 is 0 Å². The van der Waals surface area contributed by atoms with Crippen molar-refractivity contribution in [2.75, 3.05) is 5.32 Å². The van der Waals surface area contributed by atoms with E-state index in [9.17, 15) is 19.5 Å². The molecule has 0 atom stereocenters. The van der Waals surface area contributed by atoms with Crippen molar-refractivity contribution in [1.82, 2.24) is 18.7 Å². The van der Waals surface area contributed by atoms with Gasteiger partial charge in [-0.2, -0.15) is 4.98 Å². The van der Waals surface area contributed by atoms with Crippen LogP contribution in [0.15, 0.2) is 33.9 Å². The van der Waals surface area contributed by atoms with Gasteiger partial charge in [0.2, 0.25) is 5.95 Å². The number of nitrogens with zero attached hydrogens (tertiary/aromatic N) is 4. The average Bonchev–Trinajstić information content (AvgIpc) is 3.13. The molecule has 0 aliphatic heterocycles. The van der Waals surface area contributed by atoms with Crippen molar-refractivity contribution in [3.63, 3.8) is 0 Å². The van der Waals surface area contributed by atoms with Crippen LogP contribution >= 0.6 is 0 Å². The summed E-state index contributed by atoms with van der Waals surface area (Å²) >= 11 is 0. The van der Waals surface area contributed by atoms with Crippen molar-refractivity contribution >= 4 is 23.1 Å². The Labute approximate surface area is 185 Å². The van der Waals surface area contributed by atoms with Crippen molar-refractivity contribution in [3.8, 4) is 0 Å². The number of hydrogen-bond acceptors (Lipinski definition) is 5. The van der Waals surface area contributed by atoms with E-state index in [1.54, 1.807) is 31.2 Å². The van der Waals surface area contributed by atoms with Crippen LogP contribution in [0.1, 0.15) is 61.9 Å². The van der Waals surface area contributed by atoms with Crippen molar-refractivity contribution in [2.45, 2.75) is 71.6 Å². The number of imidazole rings is 1. The zero-order valence-corrected chi connectivity index (χ0v) is 18.5. The number of benzene rings is 1. The van der Waals surface area contributed by atoms with Crippen molar-refractivity contribution in [3.05, 3.63) is 56.2 Å². The molecule has 1 aliphatic carbocycles. The van der Waals surface area contributed by atoms with Crippen LogP contribution in [0.25, 0.3) is 11.2 Å². The van der Waals surface area contributed by atoms with Gasteiger partial charge in [-0.05, 0) is 44.4 Å². The maximum Gasteiger partial charge on any atom is 0.335 e. The second-order valence-electron chi connectivity index (χ2n) is 8.25. The van der Waals surface area contributed by atoms with Crippen LogP contribution in [0.3, 0.4) is 0 Å². The van der Waals surface area contributed by atoms with Gasteiger partial charge in [0.1, 0.15) is 0 Å². The first-order valence-corrected chi connectivity index (χ1v) is 11.3. The third-order valence-corrected chi connectivity index (χ3v) is 6.23. The molecule has 1 fully saturated rings. The number of hydrogen-bond donors (Lipinski definition) is 2. The van der Waals surface area contributed by atoms with E-state index in [0.717, 1.165) is 31.2 Å². The molecule has 0 unspecified atom stereocenters. The van der Waals surface area contributed by atoms with Crippen LogP contribution in [-0.4, -0.2) is 35.8 Å². The summed E-state index contributed by atoms with van der Waals surface area (Å²) in [5.74, 6) is -0.413. The molecule has 170 valence electrons. The summed E-state index contributed by atoms with van der Waals surface area (Å²) in [7, 11) is 0. The van der Waals surface area contributed by atoms with Crippen LogP contribution < -0.4 is 16.6 Å². The number of aromatic carboxylic acids is 1. The fourth-order valence-electron chi connectivity index (χ4n) is 4.48. The number of fused-ring (bicyclic) bond motifs is 1. The predicted octanol–water partition coefficient (Wildman–Crippen LogP) is 2.89. The molecule has 0 radical (unpaired) electrons. The molecule has 2 N–H and O–H groups in total. The van der Waals surface area contributed by atoms with Crippen LogP contribution in [0, 0.1) is 0 Å². The Morgan fingerprint density at radius 2 is 1.69 bits per heavy atom. The highest BCUT2D eigenvalue weighted by Gasteiger charge is 2.23. The maximum atomic E-state index is 13.3. The maximum absolute atomic E-state index is 13.3. The Morgan fingerprint density at radius 1 is 1.03 bits per heavy atom. The first-order valence-electron chi connectivity index (χ1n) is 11.3. The SMILES string of the molecule is CCn1c(=O)c2c(nc(NC3CCCCC3)n2Cc2ccc(C(=O)O)cc2)n(CC)c1=O. The summed E-state index contributed by atoms with van der Waals surface area (Å²) in [6.45, 7) is 4.66. The standard InChI is InChI=1S/C23H29N5O4/c1-3-26-19-18(20(29)27(4-2)23(26)32)28(14-15-10-12-16(13-11-15)21(30)31)22(25-19)24-17-8-6-5-7-9-17/h10-13,17H,3-9,14H2,1-2H3,(H,24,25)(H,30,31). The number of nitrogens with one attached hydrogen (secondary N) is 1. The quantitative estimate of drug-likeness (QED) is 0.586. The Kier molecular flexibility index (Phi) is 6.16. The number of carboxylic acid groups (broad SMARTS) is 1. The molecule has 0 bridgehead atoms. The van der Waals surface area contributed by atoms with E-state index in [0.29, 0.717) is 30.2 Å². The smallest absolute Gasteiger partial charge is 0.335 e. The van der Waals surface area contributed by atoms with Crippen LogP contribution in [0.4, 0.5) is 5.95 Å². The number of anilines is 1. The first kappa shape index (κ1) is 21.9. The van der Waals surface area contributed by atoms with Crippen molar-refractivity contribution < 1.29 is 9.90 Å². The Hall–Kier alpha value is -3.36. The zero-order valence-electron chi connectivity index (χ0n) is 18.5. The first-order chi connectivity index (χ1) is 15.4.